The van der Waals surface area contributed by atoms with Gasteiger partial charge in [0.05, 0.1) is 0 Å². The Kier molecular flexibility index (Phi) is 12.0. The Balaban J connectivity index is 1.38. The molecular weight excluding hydrogens is 316 g/mol. The van der Waals surface area contributed by atoms with Gasteiger partial charge in [-0.1, -0.05) is 84.0 Å². The first-order valence-electron chi connectivity index (χ1n) is 12.2. The molecule has 0 aromatic carbocycles. The van der Waals surface area contributed by atoms with Crippen molar-refractivity contribution in [2.75, 3.05) is 19.6 Å². The minimum absolute atomic E-state index is 0.837. The Morgan fingerprint density at radius 1 is 0.731 bits per heavy atom. The highest BCUT2D eigenvalue weighted by Gasteiger charge is 2.20. The van der Waals surface area contributed by atoms with E-state index in [1.807, 2.05) is 0 Å². The van der Waals surface area contributed by atoms with Crippen molar-refractivity contribution in [3.63, 3.8) is 0 Å². The summed E-state index contributed by atoms with van der Waals surface area (Å²) < 4.78 is 0. The molecule has 2 rings (SSSR count). The molecule has 2 unspecified atom stereocenters. The topological polar surface area (TPSA) is 38.0 Å². The van der Waals surface area contributed by atoms with Gasteiger partial charge in [-0.25, -0.2) is 0 Å². The first-order chi connectivity index (χ1) is 12.8. The molecule has 26 heavy (non-hydrogen) atoms. The Morgan fingerprint density at radius 2 is 1.38 bits per heavy atom. The minimum Gasteiger partial charge on any atom is -0.330 e. The maximum atomic E-state index is 5.80. The Labute approximate surface area is 164 Å². The lowest BCUT2D eigenvalue weighted by atomic mass is 9.80. The molecule has 0 aromatic rings. The zero-order valence-corrected chi connectivity index (χ0v) is 17.8. The largest absolute Gasteiger partial charge is 0.330 e. The molecule has 0 heterocycles. The SMILES string of the molecule is CC1CCCCCCC1CNCCCCCCCC1CCC(CN)CC1. The van der Waals surface area contributed by atoms with E-state index in [0.717, 1.165) is 30.2 Å². The number of rotatable bonds is 11. The lowest BCUT2D eigenvalue weighted by molar-refractivity contribution is 0.262. The molecule has 2 aliphatic carbocycles. The van der Waals surface area contributed by atoms with Crippen LogP contribution in [-0.4, -0.2) is 19.6 Å². The number of unbranched alkanes of at least 4 members (excludes halogenated alkanes) is 4. The van der Waals surface area contributed by atoms with Crippen LogP contribution in [0, 0.1) is 23.7 Å². The summed E-state index contributed by atoms with van der Waals surface area (Å²) in [6.07, 6.45) is 23.1. The van der Waals surface area contributed by atoms with Gasteiger partial charge in [0.2, 0.25) is 0 Å². The maximum Gasteiger partial charge on any atom is -0.00180 e. The lowest BCUT2D eigenvalue weighted by Gasteiger charge is -2.27. The molecule has 154 valence electrons. The second-order valence-electron chi connectivity index (χ2n) is 9.61. The summed E-state index contributed by atoms with van der Waals surface area (Å²) in [7, 11) is 0. The normalized spacial score (nSPS) is 30.7. The first-order valence-corrected chi connectivity index (χ1v) is 12.2. The molecule has 0 bridgehead atoms. The number of hydrogen-bond acceptors (Lipinski definition) is 2. The van der Waals surface area contributed by atoms with Crippen LogP contribution in [-0.2, 0) is 0 Å². The van der Waals surface area contributed by atoms with Gasteiger partial charge in [-0.2, -0.15) is 0 Å². The van der Waals surface area contributed by atoms with Crippen molar-refractivity contribution in [1.82, 2.24) is 5.32 Å². The Hall–Kier alpha value is -0.0800. The van der Waals surface area contributed by atoms with Gasteiger partial charge in [0.15, 0.2) is 0 Å². The fourth-order valence-corrected chi connectivity index (χ4v) is 5.31. The van der Waals surface area contributed by atoms with E-state index in [-0.39, 0.29) is 0 Å². The van der Waals surface area contributed by atoms with Gasteiger partial charge in [0.25, 0.3) is 0 Å². The average Bonchev–Trinajstić information content (AvgIpc) is 2.66. The van der Waals surface area contributed by atoms with E-state index < -0.39 is 0 Å². The second kappa shape index (κ2) is 14.0. The van der Waals surface area contributed by atoms with Gasteiger partial charge >= 0.3 is 0 Å². The van der Waals surface area contributed by atoms with Crippen LogP contribution in [0.2, 0.25) is 0 Å². The van der Waals surface area contributed by atoms with Crippen LogP contribution in [0.15, 0.2) is 0 Å². The van der Waals surface area contributed by atoms with Gasteiger partial charge in [-0.05, 0) is 69.0 Å². The average molecular weight is 365 g/mol. The highest BCUT2D eigenvalue weighted by atomic mass is 14.9. The van der Waals surface area contributed by atoms with Crippen LogP contribution in [0.1, 0.15) is 110 Å². The van der Waals surface area contributed by atoms with Crippen molar-refractivity contribution < 1.29 is 0 Å². The third-order valence-corrected chi connectivity index (χ3v) is 7.46. The molecule has 0 amide bonds. The summed E-state index contributed by atoms with van der Waals surface area (Å²) in [6.45, 7) is 5.92. The highest BCUT2D eigenvalue weighted by molar-refractivity contribution is 4.73. The fourth-order valence-electron chi connectivity index (χ4n) is 5.31. The summed E-state index contributed by atoms with van der Waals surface area (Å²) in [5.74, 6) is 3.72. The number of hydrogen-bond donors (Lipinski definition) is 2. The maximum absolute atomic E-state index is 5.80. The highest BCUT2D eigenvalue weighted by Crippen LogP contribution is 2.31. The van der Waals surface area contributed by atoms with Gasteiger partial charge < -0.3 is 11.1 Å². The van der Waals surface area contributed by atoms with Crippen molar-refractivity contribution >= 4 is 0 Å². The van der Waals surface area contributed by atoms with Crippen molar-refractivity contribution in [3.8, 4) is 0 Å². The van der Waals surface area contributed by atoms with E-state index in [2.05, 4.69) is 12.2 Å². The minimum atomic E-state index is 0.837. The van der Waals surface area contributed by atoms with Gasteiger partial charge in [0, 0.05) is 0 Å². The van der Waals surface area contributed by atoms with Gasteiger partial charge in [-0.3, -0.25) is 0 Å². The first kappa shape index (κ1) is 22.2. The molecule has 2 fully saturated rings. The molecule has 3 N–H and O–H groups in total. The molecule has 0 radical (unpaired) electrons. The lowest BCUT2D eigenvalue weighted by Crippen LogP contribution is -2.28. The molecule has 2 nitrogen and oxygen atoms in total. The molecule has 2 atom stereocenters. The summed E-state index contributed by atoms with van der Waals surface area (Å²) in [6, 6.07) is 0. The molecule has 0 aliphatic heterocycles. The Bertz CT molecular complexity index is 322. The van der Waals surface area contributed by atoms with Gasteiger partial charge in [0.1, 0.15) is 0 Å². The quantitative estimate of drug-likeness (QED) is 0.423. The summed E-state index contributed by atoms with van der Waals surface area (Å²) in [5, 5.41) is 3.78. The van der Waals surface area contributed by atoms with Crippen LogP contribution < -0.4 is 11.1 Å². The number of nitrogens with one attached hydrogen (secondary N) is 1. The van der Waals surface area contributed by atoms with Crippen LogP contribution in [0.5, 0.6) is 0 Å². The van der Waals surface area contributed by atoms with Crippen molar-refractivity contribution in [1.29, 1.82) is 0 Å². The second-order valence-corrected chi connectivity index (χ2v) is 9.61. The number of nitrogens with two attached hydrogens (primary N) is 1. The summed E-state index contributed by atoms with van der Waals surface area (Å²) in [5.41, 5.74) is 5.80. The van der Waals surface area contributed by atoms with Crippen LogP contribution >= 0.6 is 0 Å². The van der Waals surface area contributed by atoms with E-state index in [1.165, 1.54) is 116 Å². The third kappa shape index (κ3) is 9.22. The molecule has 0 spiro atoms. The van der Waals surface area contributed by atoms with Crippen LogP contribution in [0.25, 0.3) is 0 Å². The standard InChI is InChI=1S/C24H48N2/c1-21-11-7-4-5-9-13-24(21)20-26-18-10-6-2-3-8-12-22-14-16-23(19-25)17-15-22/h21-24,26H,2-20,25H2,1H3. The molecule has 0 saturated heterocycles. The molecule has 0 aromatic heterocycles. The predicted octanol–water partition coefficient (Wildman–Crippen LogP) is 6.29. The van der Waals surface area contributed by atoms with Crippen LogP contribution in [0.4, 0.5) is 0 Å². The molecule has 2 saturated carbocycles. The zero-order chi connectivity index (χ0) is 18.5. The van der Waals surface area contributed by atoms with E-state index in [1.54, 1.807) is 0 Å². The van der Waals surface area contributed by atoms with E-state index in [0.29, 0.717) is 0 Å². The molecule has 2 aliphatic rings. The van der Waals surface area contributed by atoms with Crippen molar-refractivity contribution in [2.45, 2.75) is 110 Å². The van der Waals surface area contributed by atoms with E-state index >= 15 is 0 Å². The summed E-state index contributed by atoms with van der Waals surface area (Å²) in [4.78, 5) is 0. The Morgan fingerprint density at radius 3 is 2.15 bits per heavy atom. The summed E-state index contributed by atoms with van der Waals surface area (Å²) >= 11 is 0. The van der Waals surface area contributed by atoms with Crippen molar-refractivity contribution in [3.05, 3.63) is 0 Å². The predicted molar refractivity (Wildman–Crippen MR) is 115 cm³/mol. The van der Waals surface area contributed by atoms with Crippen molar-refractivity contribution in [2.24, 2.45) is 29.4 Å². The van der Waals surface area contributed by atoms with Gasteiger partial charge in [-0.15, -0.1) is 0 Å². The molecule has 2 heteroatoms. The van der Waals surface area contributed by atoms with E-state index in [4.69, 9.17) is 5.73 Å². The van der Waals surface area contributed by atoms with E-state index in [9.17, 15) is 0 Å². The monoisotopic (exact) mass is 364 g/mol. The third-order valence-electron chi connectivity index (χ3n) is 7.46. The zero-order valence-electron chi connectivity index (χ0n) is 17.8. The van der Waals surface area contributed by atoms with Crippen LogP contribution in [0.3, 0.4) is 0 Å². The fraction of sp³-hybridized carbons (Fsp3) is 1.00. The smallest absolute Gasteiger partial charge is 0.00180 e. The molecular formula is C24H48N2.